The molecule has 1 fully saturated rings. The fraction of sp³-hybridized carbons (Fsp3) is 0.450. The van der Waals surface area contributed by atoms with Crippen molar-refractivity contribution in [1.29, 1.82) is 0 Å². The molecule has 140 valence electrons. The Bertz CT molecular complexity index is 693. The summed E-state index contributed by atoms with van der Waals surface area (Å²) in [6.45, 7) is 3.65. The lowest BCUT2D eigenvalue weighted by Gasteiger charge is -2.23. The van der Waals surface area contributed by atoms with Gasteiger partial charge in [-0.25, -0.2) is 0 Å². The monoisotopic (exact) mass is 375 g/mol. The van der Waals surface area contributed by atoms with Crippen LogP contribution in [0.3, 0.4) is 0 Å². The van der Waals surface area contributed by atoms with Gasteiger partial charge in [0.15, 0.2) is 5.79 Å². The molecule has 0 saturated carbocycles. The molecule has 1 aromatic heterocycles. The molecule has 0 aliphatic carbocycles. The van der Waals surface area contributed by atoms with Gasteiger partial charge in [0.2, 0.25) is 5.91 Å². The second kappa shape index (κ2) is 8.66. The number of carbonyl (C=O) groups is 1. The van der Waals surface area contributed by atoms with E-state index in [9.17, 15) is 4.79 Å². The molecular weight excluding hydrogens is 350 g/mol. The van der Waals surface area contributed by atoms with Gasteiger partial charge in [0.1, 0.15) is 5.75 Å². The van der Waals surface area contributed by atoms with Crippen molar-refractivity contribution in [3.63, 3.8) is 0 Å². The number of hydrogen-bond donors (Lipinski definition) is 1. The summed E-state index contributed by atoms with van der Waals surface area (Å²) in [7, 11) is 1.64. The molecule has 1 amide bonds. The Morgan fingerprint density at radius 2 is 2.00 bits per heavy atom. The third-order valence-corrected chi connectivity index (χ3v) is 5.50. The number of nitrogens with one attached hydrogen (secondary N) is 1. The molecule has 0 bridgehead atoms. The van der Waals surface area contributed by atoms with Gasteiger partial charge in [-0.2, -0.15) is 0 Å². The van der Waals surface area contributed by atoms with Crippen molar-refractivity contribution >= 4 is 17.2 Å². The SMILES string of the molecule is COc1ccc(C(Cc2cccs2)C(=O)NCCC2(C)OCCO2)cc1. The van der Waals surface area contributed by atoms with Crippen LogP contribution in [0, 0.1) is 0 Å². The summed E-state index contributed by atoms with van der Waals surface area (Å²) >= 11 is 1.67. The number of thiophene rings is 1. The Hall–Kier alpha value is -1.89. The molecule has 1 unspecified atom stereocenters. The van der Waals surface area contributed by atoms with Crippen LogP contribution in [0.15, 0.2) is 41.8 Å². The number of amides is 1. The molecular formula is C20H25NO4S. The molecule has 0 spiro atoms. The molecule has 1 saturated heterocycles. The van der Waals surface area contributed by atoms with Gasteiger partial charge in [-0.15, -0.1) is 11.3 Å². The highest BCUT2D eigenvalue weighted by Gasteiger charge is 2.31. The molecule has 1 aliphatic rings. The lowest BCUT2D eigenvalue weighted by molar-refractivity contribution is -0.146. The van der Waals surface area contributed by atoms with Crippen LogP contribution in [0.2, 0.25) is 0 Å². The van der Waals surface area contributed by atoms with E-state index in [1.165, 1.54) is 4.88 Å². The summed E-state index contributed by atoms with van der Waals surface area (Å²) in [5, 5.41) is 5.08. The molecule has 26 heavy (non-hydrogen) atoms. The lowest BCUT2D eigenvalue weighted by atomic mass is 9.94. The number of rotatable bonds is 8. The number of hydrogen-bond acceptors (Lipinski definition) is 5. The zero-order chi connectivity index (χ0) is 18.4. The Labute approximate surface area is 158 Å². The van der Waals surface area contributed by atoms with Gasteiger partial charge in [-0.3, -0.25) is 4.79 Å². The summed E-state index contributed by atoms with van der Waals surface area (Å²) in [5.74, 6) is -0.0215. The lowest BCUT2D eigenvalue weighted by Crippen LogP contribution is -2.36. The van der Waals surface area contributed by atoms with Gasteiger partial charge in [0.25, 0.3) is 0 Å². The average Bonchev–Trinajstić information content (AvgIpc) is 3.32. The van der Waals surface area contributed by atoms with Gasteiger partial charge in [-0.1, -0.05) is 18.2 Å². The maximum atomic E-state index is 12.9. The maximum Gasteiger partial charge on any atom is 0.227 e. The first-order chi connectivity index (χ1) is 12.6. The first-order valence-electron chi connectivity index (χ1n) is 8.81. The zero-order valence-corrected chi connectivity index (χ0v) is 16.0. The predicted molar refractivity (Wildman–Crippen MR) is 102 cm³/mol. The van der Waals surface area contributed by atoms with Crippen molar-refractivity contribution in [3.8, 4) is 5.75 Å². The van der Waals surface area contributed by atoms with Gasteiger partial charge < -0.3 is 19.5 Å². The van der Waals surface area contributed by atoms with Crippen LogP contribution in [0.1, 0.15) is 29.7 Å². The molecule has 2 aromatic rings. The number of carbonyl (C=O) groups excluding carboxylic acids is 1. The van der Waals surface area contributed by atoms with E-state index in [0.29, 0.717) is 32.6 Å². The van der Waals surface area contributed by atoms with Crippen LogP contribution in [0.5, 0.6) is 5.75 Å². The molecule has 3 rings (SSSR count). The smallest absolute Gasteiger partial charge is 0.227 e. The standard InChI is InChI=1S/C20H25NO4S/c1-20(24-11-12-25-20)9-10-21-19(22)18(14-17-4-3-13-26-17)15-5-7-16(23-2)8-6-15/h3-8,13,18H,9-12,14H2,1-2H3,(H,21,22). The number of methoxy groups -OCH3 is 1. The quantitative estimate of drug-likeness (QED) is 0.769. The Balaban J connectivity index is 1.66. The second-order valence-corrected chi connectivity index (χ2v) is 7.51. The third kappa shape index (κ3) is 4.84. The van der Waals surface area contributed by atoms with Crippen molar-refractivity contribution in [1.82, 2.24) is 5.32 Å². The van der Waals surface area contributed by atoms with E-state index < -0.39 is 5.79 Å². The summed E-state index contributed by atoms with van der Waals surface area (Å²) in [6, 6.07) is 11.8. The molecule has 2 heterocycles. The molecule has 1 N–H and O–H groups in total. The fourth-order valence-corrected chi connectivity index (χ4v) is 3.82. The molecule has 0 radical (unpaired) electrons. The topological polar surface area (TPSA) is 56.8 Å². The molecule has 1 aromatic carbocycles. The van der Waals surface area contributed by atoms with Crippen LogP contribution in [0.4, 0.5) is 0 Å². The first kappa shape index (κ1) is 18.9. The highest BCUT2D eigenvalue weighted by molar-refractivity contribution is 7.09. The van der Waals surface area contributed by atoms with E-state index >= 15 is 0 Å². The van der Waals surface area contributed by atoms with Gasteiger partial charge >= 0.3 is 0 Å². The van der Waals surface area contributed by atoms with E-state index in [-0.39, 0.29) is 11.8 Å². The van der Waals surface area contributed by atoms with Crippen molar-refractivity contribution in [3.05, 3.63) is 52.2 Å². The van der Waals surface area contributed by atoms with E-state index in [1.807, 2.05) is 42.6 Å². The molecule has 5 nitrogen and oxygen atoms in total. The predicted octanol–water partition coefficient (Wildman–Crippen LogP) is 3.35. The summed E-state index contributed by atoms with van der Waals surface area (Å²) < 4.78 is 16.4. The van der Waals surface area contributed by atoms with Crippen LogP contribution >= 0.6 is 11.3 Å². The molecule has 1 atom stereocenters. The largest absolute Gasteiger partial charge is 0.497 e. The summed E-state index contributed by atoms with van der Waals surface area (Å²) in [4.78, 5) is 14.1. The average molecular weight is 375 g/mol. The third-order valence-electron chi connectivity index (χ3n) is 4.60. The fourth-order valence-electron chi connectivity index (χ4n) is 3.07. The van der Waals surface area contributed by atoms with Crippen molar-refractivity contribution < 1.29 is 19.0 Å². The normalized spacial score (nSPS) is 17.0. The highest BCUT2D eigenvalue weighted by atomic mass is 32.1. The van der Waals surface area contributed by atoms with Crippen LogP contribution in [0.25, 0.3) is 0 Å². The van der Waals surface area contributed by atoms with E-state index in [4.69, 9.17) is 14.2 Å². The van der Waals surface area contributed by atoms with E-state index in [1.54, 1.807) is 18.4 Å². The minimum Gasteiger partial charge on any atom is -0.497 e. The van der Waals surface area contributed by atoms with Gasteiger partial charge in [0.05, 0.1) is 26.2 Å². The van der Waals surface area contributed by atoms with Crippen LogP contribution < -0.4 is 10.1 Å². The number of benzene rings is 1. The van der Waals surface area contributed by atoms with E-state index in [0.717, 1.165) is 11.3 Å². The Morgan fingerprint density at radius 1 is 1.27 bits per heavy atom. The highest BCUT2D eigenvalue weighted by Crippen LogP contribution is 2.26. The minimum atomic E-state index is -0.587. The van der Waals surface area contributed by atoms with Gasteiger partial charge in [-0.05, 0) is 42.5 Å². The van der Waals surface area contributed by atoms with Crippen LogP contribution in [-0.4, -0.2) is 38.6 Å². The number of ether oxygens (including phenoxy) is 3. The van der Waals surface area contributed by atoms with Gasteiger partial charge in [0, 0.05) is 17.8 Å². The first-order valence-corrected chi connectivity index (χ1v) is 9.69. The minimum absolute atomic E-state index is 0.0187. The molecule has 6 heteroatoms. The summed E-state index contributed by atoms with van der Waals surface area (Å²) in [5.41, 5.74) is 0.983. The Kier molecular flexibility index (Phi) is 6.29. The summed E-state index contributed by atoms with van der Waals surface area (Å²) in [6.07, 6.45) is 1.31. The van der Waals surface area contributed by atoms with Crippen molar-refractivity contribution in [2.75, 3.05) is 26.9 Å². The molecule has 1 aliphatic heterocycles. The Morgan fingerprint density at radius 3 is 2.62 bits per heavy atom. The second-order valence-electron chi connectivity index (χ2n) is 6.48. The maximum absolute atomic E-state index is 12.9. The van der Waals surface area contributed by atoms with Crippen molar-refractivity contribution in [2.24, 2.45) is 0 Å². The zero-order valence-electron chi connectivity index (χ0n) is 15.2. The van der Waals surface area contributed by atoms with E-state index in [2.05, 4.69) is 11.4 Å². The van der Waals surface area contributed by atoms with Crippen LogP contribution in [-0.2, 0) is 20.7 Å². The van der Waals surface area contributed by atoms with Crippen molar-refractivity contribution in [2.45, 2.75) is 31.5 Å².